The first-order chi connectivity index (χ1) is 15.1. The number of aromatic nitrogens is 4. The van der Waals surface area contributed by atoms with Crippen molar-refractivity contribution in [2.45, 2.75) is 38.6 Å². The van der Waals surface area contributed by atoms with Crippen LogP contribution in [0.15, 0.2) is 72.4 Å². The fourth-order valence-corrected chi connectivity index (χ4v) is 3.62. The van der Waals surface area contributed by atoms with Crippen LogP contribution in [0, 0.1) is 5.92 Å². The average molecular weight is 418 g/mol. The Morgan fingerprint density at radius 1 is 1.16 bits per heavy atom. The van der Waals surface area contributed by atoms with E-state index in [0.717, 1.165) is 50.0 Å². The van der Waals surface area contributed by atoms with Crippen molar-refractivity contribution in [3.8, 4) is 0 Å². The number of ketones is 1. The Balaban J connectivity index is 1.46. The Morgan fingerprint density at radius 2 is 2.03 bits per heavy atom. The van der Waals surface area contributed by atoms with E-state index in [4.69, 9.17) is 0 Å². The maximum atomic E-state index is 12.2. The van der Waals surface area contributed by atoms with Gasteiger partial charge in [0.25, 0.3) is 0 Å². The minimum atomic E-state index is 0.119. The van der Waals surface area contributed by atoms with Crippen LogP contribution < -0.4 is 0 Å². The van der Waals surface area contributed by atoms with Gasteiger partial charge < -0.3 is 4.90 Å². The van der Waals surface area contributed by atoms with Gasteiger partial charge in [0.2, 0.25) is 0 Å². The highest BCUT2D eigenvalue weighted by Crippen LogP contribution is 2.25. The van der Waals surface area contributed by atoms with Gasteiger partial charge >= 0.3 is 0 Å². The van der Waals surface area contributed by atoms with Gasteiger partial charge in [0.15, 0.2) is 11.6 Å². The molecule has 2 aromatic rings. The van der Waals surface area contributed by atoms with Crippen LogP contribution in [0.3, 0.4) is 0 Å². The van der Waals surface area contributed by atoms with Gasteiger partial charge in [0.1, 0.15) is 0 Å². The third-order valence-corrected chi connectivity index (χ3v) is 5.14. The van der Waals surface area contributed by atoms with Crippen LogP contribution >= 0.6 is 0 Å². The average Bonchev–Trinajstić information content (AvgIpc) is 3.38. The molecule has 1 aromatic heterocycles. The number of nitrogens with zero attached hydrogens (tertiary/aromatic N) is 4. The molecule has 1 atom stereocenters. The standard InChI is InChI=1S/C25H31N5O/c1-30(2)19-21-12-9-11-20(18-21)10-7-8-14-23-22(16-17-24(23)31)13-5-3-4-6-15-25-26-28-29-27-25/h3,5,7-9,11-12,14,16-18,22H,4,6,10,13,15,19H2,1-2H3,(H,26,27,28,29)/b5-3-,8-7+,23-14+/t22-/m0/s1. The van der Waals surface area contributed by atoms with Crippen molar-refractivity contribution >= 4 is 5.78 Å². The van der Waals surface area contributed by atoms with E-state index in [9.17, 15) is 4.79 Å². The highest BCUT2D eigenvalue weighted by molar-refractivity contribution is 6.07. The zero-order valence-corrected chi connectivity index (χ0v) is 18.4. The van der Waals surface area contributed by atoms with Crippen molar-refractivity contribution in [1.29, 1.82) is 0 Å². The number of carbonyl (C=O) groups excluding carboxylic acids is 1. The highest BCUT2D eigenvalue weighted by Gasteiger charge is 2.20. The molecule has 0 bridgehead atoms. The SMILES string of the molecule is CN(C)Cc1cccc(C/C=C/C=C2/C(=O)C=C[C@@H]2C/C=C\CCCc2nn[nH]n2)c1. The van der Waals surface area contributed by atoms with Crippen molar-refractivity contribution < 1.29 is 4.79 Å². The number of aromatic amines is 1. The molecule has 6 nitrogen and oxygen atoms in total. The Hall–Kier alpha value is -3.12. The second-order valence-corrected chi connectivity index (χ2v) is 8.07. The van der Waals surface area contributed by atoms with Crippen LogP contribution in [0.25, 0.3) is 0 Å². The number of unbranched alkanes of at least 4 members (excludes halogenated alkanes) is 1. The summed E-state index contributed by atoms with van der Waals surface area (Å²) in [5.41, 5.74) is 3.47. The summed E-state index contributed by atoms with van der Waals surface area (Å²) in [7, 11) is 4.15. The lowest BCUT2D eigenvalue weighted by atomic mass is 9.97. The fraction of sp³-hybridized carbons (Fsp3) is 0.360. The summed E-state index contributed by atoms with van der Waals surface area (Å²) in [6.07, 6.45) is 18.6. The Morgan fingerprint density at radius 3 is 2.84 bits per heavy atom. The number of aryl methyl sites for hydroxylation is 1. The molecule has 1 aliphatic rings. The number of carbonyl (C=O) groups is 1. The lowest BCUT2D eigenvalue weighted by molar-refractivity contribution is -0.111. The number of hydrogen-bond acceptors (Lipinski definition) is 5. The van der Waals surface area contributed by atoms with Crippen LogP contribution in [0.1, 0.15) is 36.2 Å². The molecular formula is C25H31N5O. The van der Waals surface area contributed by atoms with Gasteiger partial charge in [0.05, 0.1) is 0 Å². The first-order valence-electron chi connectivity index (χ1n) is 10.8. The number of benzene rings is 1. The maximum absolute atomic E-state index is 12.2. The molecule has 0 saturated carbocycles. The molecule has 162 valence electrons. The van der Waals surface area contributed by atoms with Gasteiger partial charge in [-0.1, -0.05) is 65.9 Å². The van der Waals surface area contributed by atoms with Crippen molar-refractivity contribution in [3.63, 3.8) is 0 Å². The minimum absolute atomic E-state index is 0.119. The summed E-state index contributed by atoms with van der Waals surface area (Å²) in [6.45, 7) is 0.939. The lowest BCUT2D eigenvalue weighted by Gasteiger charge is -2.10. The molecule has 6 heteroatoms. The van der Waals surface area contributed by atoms with Crippen LogP contribution in [-0.2, 0) is 24.2 Å². The number of allylic oxidation sites excluding steroid dienone is 8. The third-order valence-electron chi connectivity index (χ3n) is 5.14. The van der Waals surface area contributed by atoms with E-state index in [1.807, 2.05) is 18.2 Å². The van der Waals surface area contributed by atoms with E-state index in [1.165, 1.54) is 11.1 Å². The van der Waals surface area contributed by atoms with Crippen molar-refractivity contribution in [2.24, 2.45) is 5.92 Å². The number of H-pyrrole nitrogens is 1. The van der Waals surface area contributed by atoms with E-state index >= 15 is 0 Å². The van der Waals surface area contributed by atoms with E-state index in [-0.39, 0.29) is 11.7 Å². The topological polar surface area (TPSA) is 74.8 Å². The van der Waals surface area contributed by atoms with Crippen LogP contribution in [0.2, 0.25) is 0 Å². The smallest absolute Gasteiger partial charge is 0.182 e. The van der Waals surface area contributed by atoms with E-state index in [0.29, 0.717) is 0 Å². The molecule has 0 unspecified atom stereocenters. The third kappa shape index (κ3) is 7.57. The number of rotatable bonds is 11. The molecule has 0 radical (unpaired) electrons. The fourth-order valence-electron chi connectivity index (χ4n) is 3.62. The summed E-state index contributed by atoms with van der Waals surface area (Å²) < 4.78 is 0. The largest absolute Gasteiger partial charge is 0.305 e. The molecule has 0 spiro atoms. The van der Waals surface area contributed by atoms with Gasteiger partial charge in [-0.3, -0.25) is 4.79 Å². The lowest BCUT2D eigenvalue weighted by Crippen LogP contribution is -2.10. The van der Waals surface area contributed by atoms with Crippen molar-refractivity contribution in [3.05, 3.63) is 89.3 Å². The van der Waals surface area contributed by atoms with Gasteiger partial charge in [-0.25, -0.2) is 0 Å². The number of tetrazole rings is 1. The van der Waals surface area contributed by atoms with Crippen molar-refractivity contribution in [1.82, 2.24) is 25.5 Å². The molecule has 0 aliphatic heterocycles. The summed E-state index contributed by atoms with van der Waals surface area (Å²) in [6, 6.07) is 8.65. The first-order valence-corrected chi connectivity index (χ1v) is 10.8. The monoisotopic (exact) mass is 417 g/mol. The predicted octanol–water partition coefficient (Wildman–Crippen LogP) is 4.01. The molecule has 0 saturated heterocycles. The number of hydrogen-bond donors (Lipinski definition) is 1. The quantitative estimate of drug-likeness (QED) is 0.340. The zero-order chi connectivity index (χ0) is 21.9. The Bertz CT molecular complexity index is 954. The molecule has 3 rings (SSSR count). The van der Waals surface area contributed by atoms with Gasteiger partial charge in [-0.05, 0) is 57.0 Å². The number of nitrogens with one attached hydrogen (secondary N) is 1. The molecule has 1 N–H and O–H groups in total. The molecule has 1 heterocycles. The van der Waals surface area contributed by atoms with E-state index in [1.54, 1.807) is 6.08 Å². The highest BCUT2D eigenvalue weighted by atomic mass is 16.1. The predicted molar refractivity (Wildman–Crippen MR) is 123 cm³/mol. The normalized spacial score (nSPS) is 17.8. The summed E-state index contributed by atoms with van der Waals surface area (Å²) in [4.78, 5) is 14.4. The molecule has 1 aliphatic carbocycles. The maximum Gasteiger partial charge on any atom is 0.182 e. The van der Waals surface area contributed by atoms with E-state index < -0.39 is 0 Å². The minimum Gasteiger partial charge on any atom is -0.305 e. The van der Waals surface area contributed by atoms with Gasteiger partial charge in [-0.2, -0.15) is 5.21 Å². The summed E-state index contributed by atoms with van der Waals surface area (Å²) >= 11 is 0. The van der Waals surface area contributed by atoms with Crippen LogP contribution in [0.5, 0.6) is 0 Å². The Kier molecular flexibility index (Phi) is 8.67. The first kappa shape index (κ1) is 22.6. The second-order valence-electron chi connectivity index (χ2n) is 8.07. The van der Waals surface area contributed by atoms with Gasteiger partial charge in [0, 0.05) is 24.5 Å². The van der Waals surface area contributed by atoms with Gasteiger partial charge in [-0.15, -0.1) is 10.2 Å². The van der Waals surface area contributed by atoms with Crippen LogP contribution in [0.4, 0.5) is 0 Å². The van der Waals surface area contributed by atoms with Crippen molar-refractivity contribution in [2.75, 3.05) is 14.1 Å². The molecule has 0 amide bonds. The molecule has 0 fully saturated rings. The second kappa shape index (κ2) is 11.9. The molecule has 31 heavy (non-hydrogen) atoms. The Labute approximate surface area is 184 Å². The molecule has 1 aromatic carbocycles. The van der Waals surface area contributed by atoms with E-state index in [2.05, 4.69) is 82.1 Å². The summed E-state index contributed by atoms with van der Waals surface area (Å²) in [5.74, 6) is 1.03. The van der Waals surface area contributed by atoms with Crippen LogP contribution in [-0.4, -0.2) is 45.4 Å². The molecular weight excluding hydrogens is 386 g/mol. The zero-order valence-electron chi connectivity index (χ0n) is 18.4. The summed E-state index contributed by atoms with van der Waals surface area (Å²) in [5, 5.41) is 13.9.